The summed E-state index contributed by atoms with van der Waals surface area (Å²) in [6.45, 7) is 0. The first-order chi connectivity index (χ1) is 8.74. The standard InChI is InChI=1S/C12H8BrN3O2/c13-10-6-14-11-4-3-8(7-16(10)11)15-12(17)9-2-1-5-18-9/h1-7H,(H,15,17). The fourth-order valence-corrected chi connectivity index (χ4v) is 2.01. The van der Waals surface area contributed by atoms with E-state index >= 15 is 0 Å². The summed E-state index contributed by atoms with van der Waals surface area (Å²) < 4.78 is 7.68. The highest BCUT2D eigenvalue weighted by atomic mass is 79.9. The van der Waals surface area contributed by atoms with E-state index in [0.717, 1.165) is 10.3 Å². The zero-order chi connectivity index (χ0) is 12.5. The second-order valence-electron chi connectivity index (χ2n) is 3.66. The molecule has 5 nitrogen and oxygen atoms in total. The molecule has 0 radical (unpaired) electrons. The lowest BCUT2D eigenvalue weighted by Crippen LogP contribution is -2.11. The number of halogens is 1. The molecule has 0 fully saturated rings. The maximum Gasteiger partial charge on any atom is 0.291 e. The molecule has 6 heteroatoms. The second-order valence-corrected chi connectivity index (χ2v) is 4.47. The Hall–Kier alpha value is -2.08. The van der Waals surface area contributed by atoms with Crippen LogP contribution in [-0.2, 0) is 0 Å². The minimum atomic E-state index is -0.282. The van der Waals surface area contributed by atoms with Crippen LogP contribution >= 0.6 is 15.9 Å². The molecule has 1 N–H and O–H groups in total. The van der Waals surface area contributed by atoms with Gasteiger partial charge in [-0.2, -0.15) is 0 Å². The van der Waals surface area contributed by atoms with E-state index < -0.39 is 0 Å². The smallest absolute Gasteiger partial charge is 0.291 e. The molecular formula is C12H8BrN3O2. The number of hydrogen-bond acceptors (Lipinski definition) is 3. The highest BCUT2D eigenvalue weighted by Gasteiger charge is 2.09. The number of carbonyl (C=O) groups is 1. The SMILES string of the molecule is O=C(Nc1ccc2ncc(Br)n2c1)c1ccco1. The minimum absolute atomic E-state index is 0.278. The zero-order valence-corrected chi connectivity index (χ0v) is 10.7. The number of nitrogens with zero attached hydrogens (tertiary/aromatic N) is 2. The Bertz CT molecular complexity index is 703. The average Bonchev–Trinajstić information content (AvgIpc) is 3.00. The summed E-state index contributed by atoms with van der Waals surface area (Å²) >= 11 is 3.38. The number of amides is 1. The number of aromatic nitrogens is 2. The van der Waals surface area contributed by atoms with Crippen molar-refractivity contribution >= 4 is 33.2 Å². The predicted molar refractivity (Wildman–Crippen MR) is 69.6 cm³/mol. The molecule has 0 atom stereocenters. The van der Waals surface area contributed by atoms with Gasteiger partial charge in [0.25, 0.3) is 5.91 Å². The van der Waals surface area contributed by atoms with Crippen molar-refractivity contribution in [3.05, 3.63) is 53.3 Å². The molecule has 3 aromatic heterocycles. The highest BCUT2D eigenvalue weighted by molar-refractivity contribution is 9.10. The van der Waals surface area contributed by atoms with Crippen LogP contribution in [0.2, 0.25) is 0 Å². The Balaban J connectivity index is 1.91. The predicted octanol–water partition coefficient (Wildman–Crippen LogP) is 2.94. The van der Waals surface area contributed by atoms with Crippen molar-refractivity contribution in [3.8, 4) is 0 Å². The summed E-state index contributed by atoms with van der Waals surface area (Å²) in [5, 5.41) is 2.75. The molecule has 90 valence electrons. The van der Waals surface area contributed by atoms with E-state index in [1.54, 1.807) is 30.6 Å². The van der Waals surface area contributed by atoms with Crippen LogP contribution in [-0.4, -0.2) is 15.3 Å². The summed E-state index contributed by atoms with van der Waals surface area (Å²) in [4.78, 5) is 16.0. The molecule has 0 saturated carbocycles. The van der Waals surface area contributed by atoms with Crippen molar-refractivity contribution in [2.75, 3.05) is 5.32 Å². The summed E-state index contributed by atoms with van der Waals surface area (Å²) in [5.74, 6) is -0.00428. The van der Waals surface area contributed by atoms with Gasteiger partial charge < -0.3 is 9.73 Å². The summed E-state index contributed by atoms with van der Waals surface area (Å²) in [6.07, 6.45) is 4.95. The molecule has 0 spiro atoms. The lowest BCUT2D eigenvalue weighted by molar-refractivity contribution is 0.0996. The van der Waals surface area contributed by atoms with Gasteiger partial charge >= 0.3 is 0 Å². The van der Waals surface area contributed by atoms with Crippen LogP contribution in [0.25, 0.3) is 5.65 Å². The van der Waals surface area contributed by atoms with E-state index in [1.165, 1.54) is 6.26 Å². The van der Waals surface area contributed by atoms with Gasteiger partial charge in [-0.1, -0.05) is 0 Å². The minimum Gasteiger partial charge on any atom is -0.459 e. The Morgan fingerprint density at radius 2 is 2.28 bits per heavy atom. The topological polar surface area (TPSA) is 59.5 Å². The van der Waals surface area contributed by atoms with E-state index in [0.29, 0.717) is 5.69 Å². The van der Waals surface area contributed by atoms with Gasteiger partial charge in [0, 0.05) is 6.20 Å². The maximum absolute atomic E-state index is 11.8. The van der Waals surface area contributed by atoms with Crippen LogP contribution in [0.1, 0.15) is 10.6 Å². The molecule has 0 saturated heterocycles. The monoisotopic (exact) mass is 305 g/mol. The lowest BCUT2D eigenvalue weighted by atomic mass is 10.3. The average molecular weight is 306 g/mol. The molecule has 3 rings (SSSR count). The lowest BCUT2D eigenvalue weighted by Gasteiger charge is -2.04. The molecular weight excluding hydrogens is 298 g/mol. The number of fused-ring (bicyclic) bond motifs is 1. The van der Waals surface area contributed by atoms with Gasteiger partial charge in [0.1, 0.15) is 10.3 Å². The van der Waals surface area contributed by atoms with Crippen molar-refractivity contribution in [3.63, 3.8) is 0 Å². The molecule has 18 heavy (non-hydrogen) atoms. The van der Waals surface area contributed by atoms with Crippen molar-refractivity contribution < 1.29 is 9.21 Å². The fraction of sp³-hybridized carbons (Fsp3) is 0. The van der Waals surface area contributed by atoms with Crippen molar-refractivity contribution in [2.24, 2.45) is 0 Å². The van der Waals surface area contributed by atoms with Crippen LogP contribution in [0.4, 0.5) is 5.69 Å². The number of imidazole rings is 1. The number of pyridine rings is 1. The third-order valence-electron chi connectivity index (χ3n) is 2.46. The number of hydrogen-bond donors (Lipinski definition) is 1. The third kappa shape index (κ3) is 1.91. The Morgan fingerprint density at radius 3 is 3.06 bits per heavy atom. The number of furan rings is 1. The zero-order valence-electron chi connectivity index (χ0n) is 9.13. The molecule has 0 bridgehead atoms. The maximum atomic E-state index is 11.8. The van der Waals surface area contributed by atoms with Crippen LogP contribution in [0, 0.1) is 0 Å². The second kappa shape index (κ2) is 4.30. The van der Waals surface area contributed by atoms with Gasteiger partial charge in [0.05, 0.1) is 18.1 Å². The molecule has 0 aliphatic heterocycles. The highest BCUT2D eigenvalue weighted by Crippen LogP contribution is 2.17. The molecule has 0 aromatic carbocycles. The largest absolute Gasteiger partial charge is 0.459 e. The number of rotatable bonds is 2. The Kier molecular flexibility index (Phi) is 2.64. The number of anilines is 1. The molecule has 3 aromatic rings. The van der Waals surface area contributed by atoms with Gasteiger partial charge in [-0.15, -0.1) is 0 Å². The van der Waals surface area contributed by atoms with Crippen LogP contribution in [0.15, 0.2) is 51.9 Å². The Labute approximate surface area is 111 Å². The summed E-state index contributed by atoms with van der Waals surface area (Å²) in [7, 11) is 0. The van der Waals surface area contributed by atoms with Crippen LogP contribution < -0.4 is 5.32 Å². The first kappa shape index (κ1) is 11.0. The van der Waals surface area contributed by atoms with E-state index in [1.807, 2.05) is 10.5 Å². The van der Waals surface area contributed by atoms with E-state index in [2.05, 4.69) is 26.2 Å². The van der Waals surface area contributed by atoms with Crippen molar-refractivity contribution in [2.45, 2.75) is 0 Å². The van der Waals surface area contributed by atoms with Gasteiger partial charge in [0.2, 0.25) is 0 Å². The van der Waals surface area contributed by atoms with Crippen LogP contribution in [0.3, 0.4) is 0 Å². The molecule has 3 heterocycles. The molecule has 1 amide bonds. The summed E-state index contributed by atoms with van der Waals surface area (Å²) in [6, 6.07) is 6.89. The first-order valence-electron chi connectivity index (χ1n) is 5.21. The molecule has 0 aliphatic rings. The summed E-state index contributed by atoms with van der Waals surface area (Å²) in [5.41, 5.74) is 1.47. The van der Waals surface area contributed by atoms with Gasteiger partial charge in [-0.25, -0.2) is 4.98 Å². The van der Waals surface area contributed by atoms with Gasteiger partial charge in [-0.3, -0.25) is 9.20 Å². The van der Waals surface area contributed by atoms with E-state index in [4.69, 9.17) is 4.42 Å². The number of nitrogens with one attached hydrogen (secondary N) is 1. The van der Waals surface area contributed by atoms with E-state index in [9.17, 15) is 4.79 Å². The molecule has 0 unspecified atom stereocenters. The van der Waals surface area contributed by atoms with Crippen molar-refractivity contribution in [1.82, 2.24) is 9.38 Å². The quantitative estimate of drug-likeness (QED) is 0.792. The third-order valence-corrected chi connectivity index (χ3v) is 3.05. The normalized spacial score (nSPS) is 10.7. The first-order valence-corrected chi connectivity index (χ1v) is 6.01. The van der Waals surface area contributed by atoms with Crippen LogP contribution in [0.5, 0.6) is 0 Å². The van der Waals surface area contributed by atoms with E-state index in [-0.39, 0.29) is 11.7 Å². The van der Waals surface area contributed by atoms with Gasteiger partial charge in [0.15, 0.2) is 5.76 Å². The van der Waals surface area contributed by atoms with Crippen molar-refractivity contribution in [1.29, 1.82) is 0 Å². The fourth-order valence-electron chi connectivity index (χ4n) is 1.63. The Morgan fingerprint density at radius 1 is 1.39 bits per heavy atom. The van der Waals surface area contributed by atoms with Gasteiger partial charge in [-0.05, 0) is 40.2 Å². The number of carbonyl (C=O) groups excluding carboxylic acids is 1. The molecule has 0 aliphatic carbocycles.